The van der Waals surface area contributed by atoms with E-state index in [4.69, 9.17) is 37.4 Å². The van der Waals surface area contributed by atoms with Crippen LogP contribution >= 0.6 is 23.2 Å². The van der Waals surface area contributed by atoms with E-state index in [1.165, 1.54) is 0 Å². The SMILES string of the molecule is CC[C@@H](c1ccccc1)N1Cc2cc3c(cc2C[C@H]1C(=O)N[C@@H](Cc1ccc(-c2ccnc(C)c2C)cc1)C(=O)O)OC[C@@H](c1ccc(OCc2ccc(Cl)c(Cl)c2)cc1)O3. The monoisotopic (exact) mass is 855 g/mol. The van der Waals surface area contributed by atoms with Crippen molar-refractivity contribution in [2.75, 3.05) is 6.61 Å². The largest absolute Gasteiger partial charge is 0.489 e. The van der Waals surface area contributed by atoms with Crippen molar-refractivity contribution in [2.24, 2.45) is 0 Å². The van der Waals surface area contributed by atoms with Gasteiger partial charge in [0.15, 0.2) is 17.6 Å². The van der Waals surface area contributed by atoms with Gasteiger partial charge in [-0.05, 0) is 119 Å². The molecular formula is C50H47Cl2N3O6. The van der Waals surface area contributed by atoms with Crippen LogP contribution < -0.4 is 19.5 Å². The molecule has 6 aromatic rings. The molecule has 312 valence electrons. The molecule has 0 bridgehead atoms. The number of carboxylic acids is 1. The van der Waals surface area contributed by atoms with Crippen LogP contribution in [0.15, 0.2) is 121 Å². The van der Waals surface area contributed by atoms with Gasteiger partial charge in [0, 0.05) is 30.9 Å². The van der Waals surface area contributed by atoms with Gasteiger partial charge >= 0.3 is 5.97 Å². The second-order valence-electron chi connectivity index (χ2n) is 15.7. The fourth-order valence-corrected chi connectivity index (χ4v) is 8.62. The Balaban J connectivity index is 0.993. The molecule has 2 aliphatic rings. The summed E-state index contributed by atoms with van der Waals surface area (Å²) in [5, 5.41) is 14.3. The number of fused-ring (bicyclic) bond motifs is 2. The molecule has 0 unspecified atom stereocenters. The van der Waals surface area contributed by atoms with E-state index < -0.39 is 18.1 Å². The number of carbonyl (C=O) groups excluding carboxylic acids is 1. The number of aliphatic carboxylic acids is 1. The van der Waals surface area contributed by atoms with E-state index in [9.17, 15) is 14.7 Å². The molecule has 11 heteroatoms. The lowest BCUT2D eigenvalue weighted by Gasteiger charge is -2.42. The minimum absolute atomic E-state index is 0.0976. The van der Waals surface area contributed by atoms with Gasteiger partial charge in [0.05, 0.1) is 16.1 Å². The summed E-state index contributed by atoms with van der Waals surface area (Å²) in [7, 11) is 0. The number of pyridine rings is 1. The number of nitrogens with one attached hydrogen (secondary N) is 1. The van der Waals surface area contributed by atoms with E-state index >= 15 is 0 Å². The van der Waals surface area contributed by atoms with Gasteiger partial charge in [-0.1, -0.05) is 103 Å². The Bertz CT molecular complexity index is 2530. The Morgan fingerprint density at radius 1 is 0.885 bits per heavy atom. The zero-order valence-electron chi connectivity index (χ0n) is 34.2. The highest BCUT2D eigenvalue weighted by Gasteiger charge is 2.39. The molecule has 2 N–H and O–H groups in total. The highest BCUT2D eigenvalue weighted by atomic mass is 35.5. The van der Waals surface area contributed by atoms with Gasteiger partial charge in [-0.3, -0.25) is 14.7 Å². The van der Waals surface area contributed by atoms with Crippen molar-refractivity contribution in [2.45, 2.75) is 77.4 Å². The average molecular weight is 857 g/mol. The first-order valence-corrected chi connectivity index (χ1v) is 21.3. The summed E-state index contributed by atoms with van der Waals surface area (Å²) in [4.78, 5) is 33.7. The number of nitrogens with zero attached hydrogens (tertiary/aromatic N) is 2. The van der Waals surface area contributed by atoms with Crippen LogP contribution in [0.2, 0.25) is 10.0 Å². The Morgan fingerprint density at radius 3 is 2.34 bits per heavy atom. The summed E-state index contributed by atoms with van der Waals surface area (Å²) in [5.74, 6) is 0.542. The predicted molar refractivity (Wildman–Crippen MR) is 237 cm³/mol. The summed E-state index contributed by atoms with van der Waals surface area (Å²) in [6.45, 7) is 7.25. The molecule has 61 heavy (non-hydrogen) atoms. The zero-order valence-corrected chi connectivity index (χ0v) is 35.7. The van der Waals surface area contributed by atoms with Gasteiger partial charge in [-0.25, -0.2) is 4.79 Å². The molecule has 4 atom stereocenters. The van der Waals surface area contributed by atoms with E-state index in [2.05, 4.69) is 34.3 Å². The lowest BCUT2D eigenvalue weighted by Crippen LogP contribution is -2.55. The molecule has 1 amide bonds. The number of aryl methyl sites for hydroxylation is 1. The molecule has 8 rings (SSSR count). The molecule has 0 saturated carbocycles. The van der Waals surface area contributed by atoms with Gasteiger partial charge in [-0.15, -0.1) is 0 Å². The molecule has 2 aliphatic heterocycles. The van der Waals surface area contributed by atoms with E-state index in [1.54, 1.807) is 18.3 Å². The van der Waals surface area contributed by atoms with Gasteiger partial charge < -0.3 is 24.6 Å². The molecule has 3 heterocycles. The van der Waals surface area contributed by atoms with E-state index in [0.29, 0.717) is 53.5 Å². The van der Waals surface area contributed by atoms with Crippen LogP contribution in [-0.2, 0) is 35.6 Å². The summed E-state index contributed by atoms with van der Waals surface area (Å²) < 4.78 is 18.9. The maximum absolute atomic E-state index is 14.4. The second kappa shape index (κ2) is 18.4. The lowest BCUT2D eigenvalue weighted by molar-refractivity contribution is -0.143. The Kier molecular flexibility index (Phi) is 12.6. The van der Waals surface area contributed by atoms with E-state index in [0.717, 1.165) is 62.2 Å². The van der Waals surface area contributed by atoms with Crippen molar-refractivity contribution in [3.63, 3.8) is 0 Å². The van der Waals surface area contributed by atoms with Gasteiger partial charge in [0.25, 0.3) is 0 Å². The number of carboxylic acid groups (broad SMARTS) is 1. The maximum Gasteiger partial charge on any atom is 0.326 e. The van der Waals surface area contributed by atoms with Crippen LogP contribution in [0.1, 0.15) is 70.1 Å². The number of carbonyl (C=O) groups is 2. The molecule has 1 aromatic heterocycles. The third kappa shape index (κ3) is 9.39. The number of hydrogen-bond donors (Lipinski definition) is 2. The number of amides is 1. The van der Waals surface area contributed by atoms with Crippen LogP contribution in [0, 0.1) is 13.8 Å². The summed E-state index contributed by atoms with van der Waals surface area (Å²) in [6.07, 6.45) is 2.72. The van der Waals surface area contributed by atoms with Crippen LogP contribution in [0.25, 0.3) is 11.1 Å². The zero-order chi connectivity index (χ0) is 42.6. The van der Waals surface area contributed by atoms with Crippen molar-refractivity contribution in [1.82, 2.24) is 15.2 Å². The second-order valence-corrected chi connectivity index (χ2v) is 16.5. The maximum atomic E-state index is 14.4. The first-order chi connectivity index (χ1) is 29.5. The normalized spacial score (nSPS) is 16.9. The van der Waals surface area contributed by atoms with Crippen LogP contribution in [-0.4, -0.2) is 45.6 Å². The van der Waals surface area contributed by atoms with Crippen LogP contribution in [0.4, 0.5) is 0 Å². The number of rotatable bonds is 13. The number of halogens is 2. The lowest BCUT2D eigenvalue weighted by atomic mass is 9.89. The quantitative estimate of drug-likeness (QED) is 0.118. The molecule has 0 fully saturated rings. The summed E-state index contributed by atoms with van der Waals surface area (Å²) >= 11 is 12.2. The number of ether oxygens (including phenoxy) is 3. The van der Waals surface area contributed by atoms with Crippen LogP contribution in [0.3, 0.4) is 0 Å². The Hall–Kier alpha value is -5.87. The molecule has 0 spiro atoms. The predicted octanol–water partition coefficient (Wildman–Crippen LogP) is 10.5. The first kappa shape index (κ1) is 41.8. The van der Waals surface area contributed by atoms with Crippen molar-refractivity contribution in [3.05, 3.63) is 176 Å². The number of aromatic nitrogens is 1. The van der Waals surface area contributed by atoms with Crippen molar-refractivity contribution < 1.29 is 28.9 Å². The molecule has 9 nitrogen and oxygen atoms in total. The first-order valence-electron chi connectivity index (χ1n) is 20.5. The highest BCUT2D eigenvalue weighted by Crippen LogP contribution is 2.43. The molecule has 0 aliphatic carbocycles. The highest BCUT2D eigenvalue weighted by molar-refractivity contribution is 6.42. The standard InChI is InChI=1S/C50H47Cl2N3O6/c1-4-44(35-8-6-5-7-9-35)55-27-38-26-47-46(60-29-48(61-47)36-15-17-39(18-16-36)59-28-33-12-19-41(51)42(52)22-33)25-37(38)24-45(55)49(56)54-43(50(57)58)23-32-10-13-34(14-11-32)40-20-21-53-31(3)30(40)2/h5-22,25-26,43-45,48H,4,23-24,27-29H2,1-3H3,(H,54,56)(H,57,58)/t43-,44-,45-,48-/m0/s1. The number of benzene rings is 5. The molecule has 0 radical (unpaired) electrons. The Morgan fingerprint density at radius 2 is 1.62 bits per heavy atom. The van der Waals surface area contributed by atoms with Crippen molar-refractivity contribution in [3.8, 4) is 28.4 Å². The third-order valence-electron chi connectivity index (χ3n) is 11.8. The minimum atomic E-state index is -1.12. The molecule has 0 saturated heterocycles. The summed E-state index contributed by atoms with van der Waals surface area (Å²) in [5.41, 5.74) is 9.92. The molecule has 5 aromatic carbocycles. The Labute approximate surface area is 366 Å². The number of hydrogen-bond acceptors (Lipinski definition) is 7. The van der Waals surface area contributed by atoms with Crippen molar-refractivity contribution >= 4 is 35.1 Å². The topological polar surface area (TPSA) is 110 Å². The fourth-order valence-electron chi connectivity index (χ4n) is 8.30. The van der Waals surface area contributed by atoms with Gasteiger partial charge in [0.2, 0.25) is 5.91 Å². The van der Waals surface area contributed by atoms with Crippen molar-refractivity contribution in [1.29, 1.82) is 0 Å². The minimum Gasteiger partial charge on any atom is -0.489 e. The average Bonchev–Trinajstić information content (AvgIpc) is 3.27. The third-order valence-corrected chi connectivity index (χ3v) is 12.5. The smallest absolute Gasteiger partial charge is 0.326 e. The fraction of sp³-hybridized carbons (Fsp3) is 0.260. The summed E-state index contributed by atoms with van der Waals surface area (Å²) in [6, 6.07) is 35.3. The molecular weight excluding hydrogens is 809 g/mol. The van der Waals surface area contributed by atoms with Gasteiger partial charge in [-0.2, -0.15) is 0 Å². The van der Waals surface area contributed by atoms with E-state index in [-0.39, 0.29) is 24.5 Å². The van der Waals surface area contributed by atoms with E-state index in [1.807, 2.05) is 105 Å². The van der Waals surface area contributed by atoms with Crippen LogP contribution in [0.5, 0.6) is 17.2 Å². The van der Waals surface area contributed by atoms with Gasteiger partial charge in [0.1, 0.15) is 25.0 Å².